The van der Waals surface area contributed by atoms with Crippen LogP contribution in [0.25, 0.3) is 0 Å². The van der Waals surface area contributed by atoms with E-state index in [9.17, 15) is 9.59 Å². The predicted octanol–water partition coefficient (Wildman–Crippen LogP) is 7.31. The number of benzene rings is 3. The Morgan fingerprint density at radius 1 is 0.917 bits per heavy atom. The van der Waals surface area contributed by atoms with Crippen LogP contribution in [-0.4, -0.2) is 35.1 Å². The number of nitrogens with zero attached hydrogens (tertiary/aromatic N) is 1. The van der Waals surface area contributed by atoms with Crippen LogP contribution >= 0.6 is 58.2 Å². The molecule has 0 saturated heterocycles. The van der Waals surface area contributed by atoms with Crippen LogP contribution in [0.5, 0.6) is 0 Å². The molecule has 0 aliphatic carbocycles. The molecule has 2 amide bonds. The van der Waals surface area contributed by atoms with Crippen molar-refractivity contribution in [2.45, 2.75) is 31.7 Å². The van der Waals surface area contributed by atoms with Gasteiger partial charge >= 0.3 is 0 Å². The Labute approximate surface area is 236 Å². The number of hydrogen-bond donors (Lipinski definition) is 1. The third-order valence-electron chi connectivity index (χ3n) is 5.51. The molecule has 0 aromatic heterocycles. The summed E-state index contributed by atoms with van der Waals surface area (Å²) < 4.78 is 0. The van der Waals surface area contributed by atoms with Gasteiger partial charge in [-0.15, -0.1) is 11.8 Å². The maximum absolute atomic E-state index is 13.6. The highest BCUT2D eigenvalue weighted by Crippen LogP contribution is 2.29. The summed E-state index contributed by atoms with van der Waals surface area (Å²) in [6.07, 6.45) is 0.366. The van der Waals surface area contributed by atoms with Gasteiger partial charge in [0.25, 0.3) is 0 Å². The Kier molecular flexibility index (Phi) is 11.3. The topological polar surface area (TPSA) is 49.4 Å². The van der Waals surface area contributed by atoms with Gasteiger partial charge in [0.05, 0.1) is 5.75 Å². The molecule has 0 fully saturated rings. The fourth-order valence-electron chi connectivity index (χ4n) is 3.67. The summed E-state index contributed by atoms with van der Waals surface area (Å²) in [6.45, 7) is 2.47. The fourth-order valence-corrected chi connectivity index (χ4v) is 5.79. The summed E-state index contributed by atoms with van der Waals surface area (Å²) in [5, 5.41) is 4.92. The monoisotopic (exact) mass is 582 g/mol. The molecule has 36 heavy (non-hydrogen) atoms. The van der Waals surface area contributed by atoms with Crippen molar-refractivity contribution in [3.8, 4) is 0 Å². The van der Waals surface area contributed by atoms with E-state index in [2.05, 4.69) is 5.32 Å². The zero-order chi connectivity index (χ0) is 26.1. The van der Waals surface area contributed by atoms with E-state index in [0.717, 1.165) is 11.1 Å². The molecule has 0 saturated carbocycles. The Balaban J connectivity index is 1.88. The summed E-state index contributed by atoms with van der Waals surface area (Å²) >= 11 is 26.5. The van der Waals surface area contributed by atoms with Crippen LogP contribution in [0, 0.1) is 0 Å². The van der Waals surface area contributed by atoms with Gasteiger partial charge < -0.3 is 10.2 Å². The van der Waals surface area contributed by atoms with E-state index in [0.29, 0.717) is 44.4 Å². The van der Waals surface area contributed by atoms with E-state index in [4.69, 9.17) is 46.4 Å². The number of hydrogen-bond acceptors (Lipinski definition) is 3. The summed E-state index contributed by atoms with van der Waals surface area (Å²) in [5.41, 5.74) is 2.43. The van der Waals surface area contributed by atoms with E-state index in [1.807, 2.05) is 37.3 Å². The lowest BCUT2D eigenvalue weighted by atomic mass is 10.0. The Morgan fingerprint density at radius 2 is 1.61 bits per heavy atom. The van der Waals surface area contributed by atoms with Crippen LogP contribution in [0.4, 0.5) is 0 Å². The number of rotatable bonds is 11. The van der Waals surface area contributed by atoms with Crippen molar-refractivity contribution in [3.63, 3.8) is 0 Å². The van der Waals surface area contributed by atoms with Crippen LogP contribution in [0.1, 0.15) is 23.6 Å². The van der Waals surface area contributed by atoms with Crippen LogP contribution in [0.15, 0.2) is 66.7 Å². The second kappa shape index (κ2) is 14.2. The number of thioether (sulfide) groups is 1. The molecule has 0 heterocycles. The number of nitrogens with one attached hydrogen (secondary N) is 1. The Bertz CT molecular complexity index is 1170. The molecule has 1 unspecified atom stereocenters. The van der Waals surface area contributed by atoms with Gasteiger partial charge in [0.1, 0.15) is 6.04 Å². The van der Waals surface area contributed by atoms with Gasteiger partial charge in [-0.05, 0) is 47.9 Å². The minimum atomic E-state index is -0.726. The largest absolute Gasteiger partial charge is 0.355 e. The molecule has 3 aromatic carbocycles. The summed E-state index contributed by atoms with van der Waals surface area (Å²) in [6, 6.07) is 19.3. The first kappa shape index (κ1) is 28.7. The smallest absolute Gasteiger partial charge is 0.243 e. The molecule has 0 aliphatic heterocycles. The van der Waals surface area contributed by atoms with Crippen LogP contribution < -0.4 is 5.32 Å². The van der Waals surface area contributed by atoms with Gasteiger partial charge in [-0.2, -0.15) is 0 Å². The predicted molar refractivity (Wildman–Crippen MR) is 152 cm³/mol. The van der Waals surface area contributed by atoms with Gasteiger partial charge in [-0.25, -0.2) is 0 Å². The van der Waals surface area contributed by atoms with E-state index >= 15 is 0 Å². The molecular weight excluding hydrogens is 558 g/mol. The number of amides is 2. The fraction of sp³-hybridized carbons (Fsp3) is 0.259. The standard InChI is InChI=1S/C27H26Cl4N2O2S/c1-2-32-27(35)25(13-18-7-4-3-5-8-18)33(15-19-11-12-20(28)14-24(19)31)26(34)17-36-16-21-22(29)9-6-10-23(21)30/h3-12,14,25H,2,13,15-17H2,1H3,(H,32,35). The minimum absolute atomic E-state index is 0.136. The van der Waals surface area contributed by atoms with E-state index in [-0.39, 0.29) is 24.1 Å². The molecular formula is C27H26Cl4N2O2S. The summed E-state index contributed by atoms with van der Waals surface area (Å²) in [4.78, 5) is 28.4. The minimum Gasteiger partial charge on any atom is -0.355 e. The molecule has 9 heteroatoms. The molecule has 1 N–H and O–H groups in total. The summed E-state index contributed by atoms with van der Waals surface area (Å²) in [5.74, 6) is 0.183. The lowest BCUT2D eigenvalue weighted by Crippen LogP contribution is -2.51. The molecule has 4 nitrogen and oxygen atoms in total. The molecule has 0 aliphatic rings. The highest BCUT2D eigenvalue weighted by molar-refractivity contribution is 7.99. The van der Waals surface area contributed by atoms with Crippen molar-refractivity contribution >= 4 is 70.0 Å². The van der Waals surface area contributed by atoms with Crippen LogP contribution in [-0.2, 0) is 28.3 Å². The van der Waals surface area contributed by atoms with Crippen molar-refractivity contribution in [1.29, 1.82) is 0 Å². The second-order valence-electron chi connectivity index (χ2n) is 8.05. The van der Waals surface area contributed by atoms with Crippen molar-refractivity contribution in [2.24, 2.45) is 0 Å². The van der Waals surface area contributed by atoms with Crippen molar-refractivity contribution < 1.29 is 9.59 Å². The third kappa shape index (κ3) is 8.06. The molecule has 3 aromatic rings. The highest BCUT2D eigenvalue weighted by atomic mass is 35.5. The zero-order valence-corrected chi connectivity index (χ0v) is 23.5. The first-order chi connectivity index (χ1) is 17.3. The van der Waals surface area contributed by atoms with Crippen molar-refractivity contribution in [2.75, 3.05) is 12.3 Å². The normalized spacial score (nSPS) is 11.7. The molecule has 0 bridgehead atoms. The average molecular weight is 584 g/mol. The van der Waals surface area contributed by atoms with E-state index in [1.165, 1.54) is 11.8 Å². The number of halogens is 4. The maximum atomic E-state index is 13.6. The zero-order valence-electron chi connectivity index (χ0n) is 19.6. The van der Waals surface area contributed by atoms with Gasteiger partial charge in [0.15, 0.2) is 0 Å². The number of carbonyl (C=O) groups excluding carboxylic acids is 2. The molecule has 3 rings (SSSR count). The molecule has 0 radical (unpaired) electrons. The Hall–Kier alpha value is -1.89. The molecule has 1 atom stereocenters. The lowest BCUT2D eigenvalue weighted by Gasteiger charge is -2.31. The Morgan fingerprint density at radius 3 is 2.25 bits per heavy atom. The van der Waals surface area contributed by atoms with E-state index in [1.54, 1.807) is 41.3 Å². The average Bonchev–Trinajstić information content (AvgIpc) is 2.85. The number of carbonyl (C=O) groups is 2. The van der Waals surface area contributed by atoms with Gasteiger partial charge in [0, 0.05) is 45.4 Å². The number of likely N-dealkylation sites (N-methyl/N-ethyl adjacent to an activating group) is 1. The highest BCUT2D eigenvalue weighted by Gasteiger charge is 2.30. The maximum Gasteiger partial charge on any atom is 0.243 e. The van der Waals surface area contributed by atoms with Crippen LogP contribution in [0.3, 0.4) is 0 Å². The van der Waals surface area contributed by atoms with Gasteiger partial charge in [-0.1, -0.05) is 88.9 Å². The van der Waals surface area contributed by atoms with Crippen molar-refractivity contribution in [1.82, 2.24) is 10.2 Å². The SMILES string of the molecule is CCNC(=O)C(Cc1ccccc1)N(Cc1ccc(Cl)cc1Cl)C(=O)CSCc1c(Cl)cccc1Cl. The van der Waals surface area contributed by atoms with Gasteiger partial charge in [-0.3, -0.25) is 9.59 Å². The second-order valence-corrected chi connectivity index (χ2v) is 10.7. The van der Waals surface area contributed by atoms with E-state index < -0.39 is 6.04 Å². The lowest BCUT2D eigenvalue weighted by molar-refractivity contribution is -0.139. The quantitative estimate of drug-likeness (QED) is 0.257. The first-order valence-corrected chi connectivity index (χ1v) is 14.0. The molecule has 190 valence electrons. The third-order valence-corrected chi connectivity index (χ3v) is 7.75. The summed E-state index contributed by atoms with van der Waals surface area (Å²) in [7, 11) is 0. The molecule has 0 spiro atoms. The van der Waals surface area contributed by atoms with Gasteiger partial charge in [0.2, 0.25) is 11.8 Å². The van der Waals surface area contributed by atoms with Crippen LogP contribution in [0.2, 0.25) is 20.1 Å². The van der Waals surface area contributed by atoms with Crippen molar-refractivity contribution in [3.05, 3.63) is 104 Å². The first-order valence-electron chi connectivity index (χ1n) is 11.4.